The molecule has 0 saturated carbocycles. The number of ether oxygens (including phenoxy) is 1. The van der Waals surface area contributed by atoms with Gasteiger partial charge in [-0.2, -0.15) is 0 Å². The number of hydrogen-bond acceptors (Lipinski definition) is 5. The molecule has 0 bridgehead atoms. The summed E-state index contributed by atoms with van der Waals surface area (Å²) in [5.74, 6) is 4.58. The van der Waals surface area contributed by atoms with Crippen molar-refractivity contribution in [2.24, 2.45) is 11.3 Å². The molecule has 84 valence electrons. The lowest BCUT2D eigenvalue weighted by Gasteiger charge is -2.25. The fraction of sp³-hybridized carbons (Fsp3) is 0.889. The molecule has 5 heteroatoms. The third kappa shape index (κ3) is 6.82. The monoisotopic (exact) mass is 204 g/mol. The molecule has 14 heavy (non-hydrogen) atoms. The van der Waals surface area contributed by atoms with Crippen LogP contribution in [0.1, 0.15) is 27.2 Å². The molecule has 5 nitrogen and oxygen atoms in total. The minimum Gasteiger partial charge on any atom is -0.464 e. The van der Waals surface area contributed by atoms with Gasteiger partial charge in [-0.25, -0.2) is 5.43 Å². The number of aliphatic hydroxyl groups excluding tert-OH is 1. The molecule has 0 aliphatic carbocycles. The van der Waals surface area contributed by atoms with Crippen LogP contribution in [0.15, 0.2) is 0 Å². The number of rotatable bonds is 6. The number of nitrogens with one attached hydrogen (secondary N) is 1. The Bertz CT molecular complexity index is 181. The second-order valence-electron chi connectivity index (χ2n) is 4.26. The molecule has 4 N–H and O–H groups in total. The summed E-state index contributed by atoms with van der Waals surface area (Å²) in [7, 11) is 0. The quantitative estimate of drug-likeness (QED) is 0.317. The molecule has 0 fully saturated rings. The van der Waals surface area contributed by atoms with Crippen LogP contribution in [0, 0.1) is 5.41 Å². The molecular formula is C9H20N2O3. The Morgan fingerprint density at radius 2 is 2.21 bits per heavy atom. The van der Waals surface area contributed by atoms with E-state index in [-0.39, 0.29) is 17.9 Å². The maximum atomic E-state index is 10.9. The van der Waals surface area contributed by atoms with Crippen molar-refractivity contribution in [1.29, 1.82) is 0 Å². The topological polar surface area (TPSA) is 84.6 Å². The van der Waals surface area contributed by atoms with Gasteiger partial charge in [0.1, 0.15) is 6.54 Å². The SMILES string of the molecule is CC(O)CC(C)(C)COC(=O)CNN. The van der Waals surface area contributed by atoms with Crippen molar-refractivity contribution in [3.05, 3.63) is 0 Å². The highest BCUT2D eigenvalue weighted by Crippen LogP contribution is 2.22. The molecule has 0 aromatic rings. The largest absolute Gasteiger partial charge is 0.464 e. The summed E-state index contributed by atoms with van der Waals surface area (Å²) in [5.41, 5.74) is 2.01. The van der Waals surface area contributed by atoms with E-state index in [1.165, 1.54) is 0 Å². The number of hydrazine groups is 1. The molecule has 0 saturated heterocycles. The molecule has 0 heterocycles. The van der Waals surface area contributed by atoms with Crippen LogP contribution in [0.3, 0.4) is 0 Å². The fourth-order valence-corrected chi connectivity index (χ4v) is 1.27. The van der Waals surface area contributed by atoms with Crippen LogP contribution in [0.25, 0.3) is 0 Å². The first kappa shape index (κ1) is 13.4. The zero-order valence-corrected chi connectivity index (χ0v) is 9.04. The lowest BCUT2D eigenvalue weighted by molar-refractivity contribution is -0.146. The Morgan fingerprint density at radius 1 is 1.64 bits per heavy atom. The van der Waals surface area contributed by atoms with Crippen molar-refractivity contribution in [3.8, 4) is 0 Å². The van der Waals surface area contributed by atoms with Gasteiger partial charge in [0.15, 0.2) is 0 Å². The van der Waals surface area contributed by atoms with Gasteiger partial charge in [0.05, 0.1) is 12.7 Å². The molecule has 1 atom stereocenters. The van der Waals surface area contributed by atoms with E-state index in [0.29, 0.717) is 13.0 Å². The molecule has 0 radical (unpaired) electrons. The molecule has 0 rings (SSSR count). The summed E-state index contributed by atoms with van der Waals surface area (Å²) in [6.45, 7) is 5.87. The van der Waals surface area contributed by atoms with Crippen LogP contribution in [0.2, 0.25) is 0 Å². The third-order valence-corrected chi connectivity index (χ3v) is 1.72. The van der Waals surface area contributed by atoms with Crippen LogP contribution in [0.5, 0.6) is 0 Å². The average molecular weight is 204 g/mol. The van der Waals surface area contributed by atoms with E-state index in [9.17, 15) is 9.90 Å². The second kappa shape index (κ2) is 5.95. The van der Waals surface area contributed by atoms with Gasteiger partial charge in [-0.3, -0.25) is 10.6 Å². The average Bonchev–Trinajstić information content (AvgIpc) is 1.99. The van der Waals surface area contributed by atoms with Gasteiger partial charge in [0.25, 0.3) is 0 Å². The van der Waals surface area contributed by atoms with Crippen LogP contribution < -0.4 is 11.3 Å². The smallest absolute Gasteiger partial charge is 0.321 e. The highest BCUT2D eigenvalue weighted by atomic mass is 16.5. The van der Waals surface area contributed by atoms with Crippen LogP contribution >= 0.6 is 0 Å². The summed E-state index contributed by atoms with van der Waals surface area (Å²) in [5, 5.41) is 9.18. The first-order chi connectivity index (χ1) is 6.37. The van der Waals surface area contributed by atoms with Crippen molar-refractivity contribution >= 4 is 5.97 Å². The number of aliphatic hydroxyl groups is 1. The number of hydrogen-bond donors (Lipinski definition) is 3. The van der Waals surface area contributed by atoms with Crippen LogP contribution in [-0.4, -0.2) is 30.3 Å². The standard InChI is InChI=1S/C9H20N2O3/c1-7(12)4-9(2,3)6-14-8(13)5-11-10/h7,11-12H,4-6,10H2,1-3H3. The first-order valence-electron chi connectivity index (χ1n) is 4.64. The Balaban J connectivity index is 3.80. The van der Waals surface area contributed by atoms with E-state index in [0.717, 1.165) is 0 Å². The van der Waals surface area contributed by atoms with E-state index < -0.39 is 6.10 Å². The van der Waals surface area contributed by atoms with Crippen molar-refractivity contribution in [3.63, 3.8) is 0 Å². The summed E-state index contributed by atoms with van der Waals surface area (Å²) >= 11 is 0. The van der Waals surface area contributed by atoms with E-state index in [1.807, 2.05) is 13.8 Å². The Hall–Kier alpha value is -0.650. The maximum Gasteiger partial charge on any atom is 0.321 e. The van der Waals surface area contributed by atoms with Gasteiger partial charge in [0, 0.05) is 5.41 Å². The summed E-state index contributed by atoms with van der Waals surface area (Å²) in [4.78, 5) is 10.9. The number of carbonyl (C=O) groups is 1. The Labute approximate surface area is 84.6 Å². The normalized spacial score (nSPS) is 13.8. The lowest BCUT2D eigenvalue weighted by Crippen LogP contribution is -2.33. The minimum absolute atomic E-state index is 0.00472. The third-order valence-electron chi connectivity index (χ3n) is 1.72. The molecule has 0 spiro atoms. The number of carbonyl (C=O) groups excluding carboxylic acids is 1. The highest BCUT2D eigenvalue weighted by Gasteiger charge is 2.22. The predicted molar refractivity (Wildman–Crippen MR) is 53.2 cm³/mol. The number of esters is 1. The van der Waals surface area contributed by atoms with Gasteiger partial charge in [0.2, 0.25) is 0 Å². The van der Waals surface area contributed by atoms with Gasteiger partial charge in [-0.15, -0.1) is 0 Å². The second-order valence-corrected chi connectivity index (χ2v) is 4.26. The lowest BCUT2D eigenvalue weighted by atomic mass is 9.88. The zero-order valence-electron chi connectivity index (χ0n) is 9.04. The van der Waals surface area contributed by atoms with Crippen LogP contribution in [0.4, 0.5) is 0 Å². The van der Waals surface area contributed by atoms with E-state index in [4.69, 9.17) is 10.6 Å². The molecule has 0 aliphatic rings. The first-order valence-corrected chi connectivity index (χ1v) is 4.64. The van der Waals surface area contributed by atoms with Gasteiger partial charge in [-0.1, -0.05) is 13.8 Å². The maximum absolute atomic E-state index is 10.9. The Morgan fingerprint density at radius 3 is 2.64 bits per heavy atom. The van der Waals surface area contributed by atoms with Gasteiger partial charge >= 0.3 is 5.97 Å². The highest BCUT2D eigenvalue weighted by molar-refractivity contribution is 5.71. The molecule has 1 unspecified atom stereocenters. The molecule has 0 aliphatic heterocycles. The zero-order chi connectivity index (χ0) is 11.2. The Kier molecular flexibility index (Phi) is 5.68. The van der Waals surface area contributed by atoms with Crippen molar-refractivity contribution < 1.29 is 14.6 Å². The van der Waals surface area contributed by atoms with Crippen molar-refractivity contribution in [2.75, 3.05) is 13.2 Å². The van der Waals surface area contributed by atoms with Gasteiger partial charge in [-0.05, 0) is 13.3 Å². The molecule has 0 aromatic carbocycles. The van der Waals surface area contributed by atoms with Crippen molar-refractivity contribution in [1.82, 2.24) is 5.43 Å². The van der Waals surface area contributed by atoms with E-state index >= 15 is 0 Å². The summed E-state index contributed by atoms with van der Waals surface area (Å²) in [6.07, 6.45) is 0.201. The summed E-state index contributed by atoms with van der Waals surface area (Å²) < 4.78 is 4.96. The summed E-state index contributed by atoms with van der Waals surface area (Å²) in [6, 6.07) is 0. The van der Waals surface area contributed by atoms with E-state index in [2.05, 4.69) is 5.43 Å². The minimum atomic E-state index is -0.392. The molecular weight excluding hydrogens is 184 g/mol. The molecule has 0 aromatic heterocycles. The molecule has 0 amide bonds. The van der Waals surface area contributed by atoms with Crippen LogP contribution in [-0.2, 0) is 9.53 Å². The predicted octanol–water partition coefficient (Wildman–Crippen LogP) is -0.210. The van der Waals surface area contributed by atoms with E-state index in [1.54, 1.807) is 6.92 Å². The van der Waals surface area contributed by atoms with Gasteiger partial charge < -0.3 is 9.84 Å². The number of nitrogens with two attached hydrogens (primary N) is 1. The fourth-order valence-electron chi connectivity index (χ4n) is 1.27. The van der Waals surface area contributed by atoms with Crippen molar-refractivity contribution in [2.45, 2.75) is 33.3 Å².